The van der Waals surface area contributed by atoms with Gasteiger partial charge in [-0.2, -0.15) is 0 Å². The van der Waals surface area contributed by atoms with Gasteiger partial charge < -0.3 is 10.6 Å². The lowest BCUT2D eigenvalue weighted by Crippen LogP contribution is -2.28. The molecule has 0 fully saturated rings. The third-order valence-corrected chi connectivity index (χ3v) is 6.19. The van der Waals surface area contributed by atoms with Crippen LogP contribution in [-0.2, 0) is 21.4 Å². The first-order valence-corrected chi connectivity index (χ1v) is 11.6. The minimum absolute atomic E-state index is 0.0651. The van der Waals surface area contributed by atoms with Crippen LogP contribution in [0.1, 0.15) is 27.9 Å². The number of carbonyl (C=O) groups excluding carboxylic acids is 2. The van der Waals surface area contributed by atoms with Crippen LogP contribution in [0.25, 0.3) is 0 Å². The zero-order valence-corrected chi connectivity index (χ0v) is 18.5. The average Bonchev–Trinajstić information content (AvgIpc) is 2.78. The van der Waals surface area contributed by atoms with Crippen molar-refractivity contribution >= 4 is 27.5 Å². The van der Waals surface area contributed by atoms with Crippen molar-refractivity contribution in [1.82, 2.24) is 10.0 Å². The van der Waals surface area contributed by atoms with Crippen LogP contribution in [0.5, 0.6) is 0 Å². The van der Waals surface area contributed by atoms with Gasteiger partial charge in [0.2, 0.25) is 15.9 Å². The number of nitrogens with one attached hydrogen (secondary N) is 3. The van der Waals surface area contributed by atoms with E-state index in [0.717, 1.165) is 11.1 Å². The highest BCUT2D eigenvalue weighted by Gasteiger charge is 2.16. The molecule has 166 valence electrons. The molecule has 8 heteroatoms. The summed E-state index contributed by atoms with van der Waals surface area (Å²) in [5, 5.41) is 5.52. The molecule has 0 spiro atoms. The van der Waals surface area contributed by atoms with Gasteiger partial charge in [0.25, 0.3) is 5.91 Å². The molecule has 0 bridgehead atoms. The Morgan fingerprint density at radius 2 is 1.50 bits per heavy atom. The van der Waals surface area contributed by atoms with E-state index in [9.17, 15) is 18.0 Å². The maximum Gasteiger partial charge on any atom is 0.253 e. The summed E-state index contributed by atoms with van der Waals surface area (Å²) < 4.78 is 27.1. The average molecular weight is 452 g/mol. The fourth-order valence-corrected chi connectivity index (χ4v) is 4.01. The smallest absolute Gasteiger partial charge is 0.253 e. The standard InChI is InChI=1S/C24H25N3O4S/c1-18-11-13-20(14-12-18)32(30,31)26-16-15-23(28)27-22-10-6-5-9-21(22)24(29)25-17-19-7-3-2-4-8-19/h2-14,26H,15-17H2,1H3,(H,25,29)(H,27,28). The number of para-hydroxylation sites is 1. The van der Waals surface area contributed by atoms with E-state index in [1.165, 1.54) is 12.1 Å². The Hall–Kier alpha value is -3.49. The van der Waals surface area contributed by atoms with Gasteiger partial charge >= 0.3 is 0 Å². The second-order valence-corrected chi connectivity index (χ2v) is 8.99. The molecule has 2 amide bonds. The number of aryl methyl sites for hydroxylation is 1. The summed E-state index contributed by atoms with van der Waals surface area (Å²) in [6, 6.07) is 22.6. The number of carbonyl (C=O) groups is 2. The maximum atomic E-state index is 12.6. The third kappa shape index (κ3) is 6.50. The van der Waals surface area contributed by atoms with Gasteiger partial charge in [-0.15, -0.1) is 0 Å². The molecular weight excluding hydrogens is 426 g/mol. The lowest BCUT2D eigenvalue weighted by atomic mass is 10.1. The first kappa shape index (κ1) is 23.2. The monoisotopic (exact) mass is 451 g/mol. The molecule has 0 unspecified atom stereocenters. The number of hydrogen-bond donors (Lipinski definition) is 3. The number of anilines is 1. The number of sulfonamides is 1. The van der Waals surface area contributed by atoms with Crippen LogP contribution in [0.4, 0.5) is 5.69 Å². The molecule has 0 aliphatic rings. The van der Waals surface area contributed by atoms with Crippen molar-refractivity contribution in [1.29, 1.82) is 0 Å². The van der Waals surface area contributed by atoms with Crippen molar-refractivity contribution in [3.63, 3.8) is 0 Å². The van der Waals surface area contributed by atoms with Gasteiger partial charge in [-0.3, -0.25) is 9.59 Å². The summed E-state index contributed by atoms with van der Waals surface area (Å²) in [5.41, 5.74) is 2.61. The molecule has 0 aromatic heterocycles. The Morgan fingerprint density at radius 3 is 2.22 bits per heavy atom. The largest absolute Gasteiger partial charge is 0.348 e. The van der Waals surface area contributed by atoms with Gasteiger partial charge in [-0.25, -0.2) is 13.1 Å². The summed E-state index contributed by atoms with van der Waals surface area (Å²) in [6.07, 6.45) is -0.0783. The highest BCUT2D eigenvalue weighted by molar-refractivity contribution is 7.89. The van der Waals surface area contributed by atoms with Crippen molar-refractivity contribution in [2.45, 2.75) is 24.8 Å². The summed E-state index contributed by atoms with van der Waals surface area (Å²) in [6.45, 7) is 2.17. The van der Waals surface area contributed by atoms with E-state index in [4.69, 9.17) is 0 Å². The molecule has 0 aliphatic heterocycles. The van der Waals surface area contributed by atoms with Crippen LogP contribution < -0.4 is 15.4 Å². The topological polar surface area (TPSA) is 104 Å². The quantitative estimate of drug-likeness (QED) is 0.465. The van der Waals surface area contributed by atoms with E-state index in [-0.39, 0.29) is 23.8 Å². The summed E-state index contributed by atoms with van der Waals surface area (Å²) in [4.78, 5) is 25.1. The summed E-state index contributed by atoms with van der Waals surface area (Å²) in [5.74, 6) is -0.718. The lowest BCUT2D eigenvalue weighted by molar-refractivity contribution is -0.116. The second-order valence-electron chi connectivity index (χ2n) is 7.22. The number of hydrogen-bond acceptors (Lipinski definition) is 4. The normalized spacial score (nSPS) is 11.0. The van der Waals surface area contributed by atoms with E-state index in [2.05, 4.69) is 15.4 Å². The summed E-state index contributed by atoms with van der Waals surface area (Å²) in [7, 11) is -3.69. The van der Waals surface area contributed by atoms with Crippen LogP contribution in [0.15, 0.2) is 83.8 Å². The first-order valence-electron chi connectivity index (χ1n) is 10.1. The highest BCUT2D eigenvalue weighted by atomic mass is 32.2. The minimum Gasteiger partial charge on any atom is -0.348 e. The Balaban J connectivity index is 1.55. The Bertz CT molecular complexity index is 1180. The van der Waals surface area contributed by atoms with Crippen molar-refractivity contribution in [2.75, 3.05) is 11.9 Å². The maximum absolute atomic E-state index is 12.6. The summed E-state index contributed by atoms with van der Waals surface area (Å²) >= 11 is 0. The lowest BCUT2D eigenvalue weighted by Gasteiger charge is -2.12. The van der Waals surface area contributed by atoms with Gasteiger partial charge in [0, 0.05) is 19.5 Å². The van der Waals surface area contributed by atoms with Crippen LogP contribution in [0.2, 0.25) is 0 Å². The van der Waals surface area contributed by atoms with Crippen molar-refractivity contribution in [2.24, 2.45) is 0 Å². The van der Waals surface area contributed by atoms with E-state index in [1.54, 1.807) is 36.4 Å². The molecule has 0 saturated heterocycles. The number of benzene rings is 3. The molecule has 0 radical (unpaired) electrons. The van der Waals surface area contributed by atoms with Gasteiger partial charge in [0.1, 0.15) is 0 Å². The Labute approximate surface area is 187 Å². The molecule has 0 saturated carbocycles. The first-order chi connectivity index (χ1) is 15.3. The molecule has 3 aromatic carbocycles. The number of amides is 2. The second kappa shape index (κ2) is 10.7. The van der Waals surface area contributed by atoms with Gasteiger partial charge in [-0.05, 0) is 36.8 Å². The Kier molecular flexibility index (Phi) is 7.75. The van der Waals surface area contributed by atoms with Crippen molar-refractivity contribution in [3.8, 4) is 0 Å². The van der Waals surface area contributed by atoms with Crippen LogP contribution in [0, 0.1) is 6.92 Å². The highest BCUT2D eigenvalue weighted by Crippen LogP contribution is 2.16. The van der Waals surface area contributed by atoms with Gasteiger partial charge in [0.05, 0.1) is 16.1 Å². The van der Waals surface area contributed by atoms with E-state index in [1.807, 2.05) is 37.3 Å². The van der Waals surface area contributed by atoms with Gasteiger partial charge in [-0.1, -0.05) is 60.2 Å². The Morgan fingerprint density at radius 1 is 0.844 bits per heavy atom. The molecule has 3 rings (SSSR count). The molecule has 7 nitrogen and oxygen atoms in total. The molecule has 32 heavy (non-hydrogen) atoms. The molecule has 0 atom stereocenters. The van der Waals surface area contributed by atoms with E-state index >= 15 is 0 Å². The fraction of sp³-hybridized carbons (Fsp3) is 0.167. The zero-order valence-electron chi connectivity index (χ0n) is 17.7. The molecule has 0 aliphatic carbocycles. The minimum atomic E-state index is -3.69. The van der Waals surface area contributed by atoms with E-state index in [0.29, 0.717) is 17.8 Å². The molecule has 3 aromatic rings. The van der Waals surface area contributed by atoms with E-state index < -0.39 is 15.9 Å². The molecular formula is C24H25N3O4S. The van der Waals surface area contributed by atoms with Crippen LogP contribution in [-0.4, -0.2) is 26.8 Å². The molecule has 3 N–H and O–H groups in total. The molecule has 0 heterocycles. The van der Waals surface area contributed by atoms with Crippen LogP contribution in [0.3, 0.4) is 0 Å². The fourth-order valence-electron chi connectivity index (χ4n) is 2.98. The zero-order chi connectivity index (χ0) is 23.0. The third-order valence-electron chi connectivity index (χ3n) is 4.72. The predicted octanol–water partition coefficient (Wildman–Crippen LogP) is 3.23. The SMILES string of the molecule is Cc1ccc(S(=O)(=O)NCCC(=O)Nc2ccccc2C(=O)NCc2ccccc2)cc1. The van der Waals surface area contributed by atoms with Crippen molar-refractivity contribution in [3.05, 3.63) is 95.6 Å². The van der Waals surface area contributed by atoms with Crippen LogP contribution >= 0.6 is 0 Å². The number of rotatable bonds is 9. The van der Waals surface area contributed by atoms with Gasteiger partial charge in [0.15, 0.2) is 0 Å². The van der Waals surface area contributed by atoms with Crippen molar-refractivity contribution < 1.29 is 18.0 Å². The predicted molar refractivity (Wildman–Crippen MR) is 124 cm³/mol.